The topological polar surface area (TPSA) is 79.4 Å². The van der Waals surface area contributed by atoms with Crippen molar-refractivity contribution in [1.29, 1.82) is 0 Å². The molecule has 6 nitrogen and oxygen atoms in total. The van der Waals surface area contributed by atoms with Crippen molar-refractivity contribution in [1.82, 2.24) is 9.88 Å². The zero-order chi connectivity index (χ0) is 23.9. The Balaban J connectivity index is 1.49. The molecule has 10 heteroatoms. The molecule has 5 rings (SSSR count). The van der Waals surface area contributed by atoms with Gasteiger partial charge in [0.1, 0.15) is 21.6 Å². The van der Waals surface area contributed by atoms with Crippen molar-refractivity contribution in [3.05, 3.63) is 64.8 Å². The monoisotopic (exact) mass is 515 g/mol. The maximum atomic E-state index is 13.2. The van der Waals surface area contributed by atoms with Gasteiger partial charge in [0.15, 0.2) is 9.84 Å². The standard InChI is InChI=1S/C24H22FN3O3S3/c1-2-28-12-11-17-20(13-28)33-24(22(17)23-26-18-5-3-4-6-19(18)32-23)27-21(29)14-34(30,31)16-9-7-15(25)8-10-16/h3-10H,2,11-14H2,1H3,(H,27,29). The van der Waals surface area contributed by atoms with Crippen LogP contribution in [0.15, 0.2) is 53.4 Å². The summed E-state index contributed by atoms with van der Waals surface area (Å²) in [5, 5.41) is 4.30. The summed E-state index contributed by atoms with van der Waals surface area (Å²) in [7, 11) is -3.90. The van der Waals surface area contributed by atoms with Crippen LogP contribution in [0.5, 0.6) is 0 Å². The average molecular weight is 516 g/mol. The molecule has 2 aromatic carbocycles. The molecular weight excluding hydrogens is 493 g/mol. The molecule has 0 unspecified atom stereocenters. The third-order valence-electron chi connectivity index (χ3n) is 5.84. The zero-order valence-electron chi connectivity index (χ0n) is 18.4. The quantitative estimate of drug-likeness (QED) is 0.368. The maximum Gasteiger partial charge on any atom is 0.240 e. The molecule has 1 N–H and O–H groups in total. The smallest absolute Gasteiger partial charge is 0.240 e. The number of halogens is 1. The number of thiophene rings is 1. The third-order valence-corrected chi connectivity index (χ3v) is 9.66. The number of hydrogen-bond acceptors (Lipinski definition) is 7. The van der Waals surface area contributed by atoms with E-state index in [9.17, 15) is 17.6 Å². The van der Waals surface area contributed by atoms with Gasteiger partial charge in [-0.15, -0.1) is 22.7 Å². The van der Waals surface area contributed by atoms with Crippen LogP contribution in [0.25, 0.3) is 20.8 Å². The van der Waals surface area contributed by atoms with Gasteiger partial charge in [0, 0.05) is 23.5 Å². The maximum absolute atomic E-state index is 13.2. The first kappa shape index (κ1) is 23.1. The fourth-order valence-electron chi connectivity index (χ4n) is 4.08. The molecule has 0 aliphatic carbocycles. The number of fused-ring (bicyclic) bond motifs is 2. The minimum atomic E-state index is -3.90. The van der Waals surface area contributed by atoms with Crippen LogP contribution in [0.3, 0.4) is 0 Å². The number of amides is 1. The summed E-state index contributed by atoms with van der Waals surface area (Å²) in [5.41, 5.74) is 2.96. The van der Waals surface area contributed by atoms with E-state index in [4.69, 9.17) is 4.98 Å². The lowest BCUT2D eigenvalue weighted by atomic mass is 10.0. The molecular formula is C24H22FN3O3S3. The van der Waals surface area contributed by atoms with Crippen molar-refractivity contribution < 1.29 is 17.6 Å². The normalized spacial score (nSPS) is 14.3. The molecule has 1 aliphatic heterocycles. The van der Waals surface area contributed by atoms with Crippen LogP contribution in [-0.2, 0) is 27.6 Å². The summed E-state index contributed by atoms with van der Waals surface area (Å²) in [6.07, 6.45) is 0.842. The summed E-state index contributed by atoms with van der Waals surface area (Å²) >= 11 is 3.05. The molecule has 1 aliphatic rings. The first-order valence-electron chi connectivity index (χ1n) is 10.8. The Kier molecular flexibility index (Phi) is 6.24. The Morgan fingerprint density at radius 1 is 1.15 bits per heavy atom. The number of carbonyl (C=O) groups excluding carboxylic acids is 1. The molecule has 0 saturated carbocycles. The highest BCUT2D eigenvalue weighted by molar-refractivity contribution is 7.92. The van der Waals surface area contributed by atoms with Gasteiger partial charge >= 0.3 is 0 Å². The minimum absolute atomic E-state index is 0.0838. The van der Waals surface area contributed by atoms with Crippen LogP contribution in [0.4, 0.5) is 9.39 Å². The summed E-state index contributed by atoms with van der Waals surface area (Å²) in [6, 6.07) is 12.4. The lowest BCUT2D eigenvalue weighted by Gasteiger charge is -2.25. The Morgan fingerprint density at radius 3 is 2.65 bits per heavy atom. The Hall–Kier alpha value is -2.66. The fourth-order valence-corrected chi connectivity index (χ4v) is 7.63. The molecule has 0 spiro atoms. The number of sulfone groups is 1. The van der Waals surface area contributed by atoms with E-state index in [2.05, 4.69) is 17.1 Å². The van der Waals surface area contributed by atoms with E-state index in [1.807, 2.05) is 24.3 Å². The number of thiazole rings is 1. The number of anilines is 1. The van der Waals surface area contributed by atoms with Gasteiger partial charge in [-0.1, -0.05) is 19.1 Å². The predicted molar refractivity (Wildman–Crippen MR) is 135 cm³/mol. The van der Waals surface area contributed by atoms with Gasteiger partial charge < -0.3 is 5.32 Å². The second-order valence-corrected chi connectivity index (χ2v) is 12.2. The number of para-hydroxylation sites is 1. The Bertz CT molecular complexity index is 1440. The molecule has 0 radical (unpaired) electrons. The van der Waals surface area contributed by atoms with Crippen molar-refractivity contribution in [2.24, 2.45) is 0 Å². The van der Waals surface area contributed by atoms with Gasteiger partial charge in [-0.3, -0.25) is 9.69 Å². The SMILES string of the molecule is CCN1CCc2c(sc(NC(=O)CS(=O)(=O)c3ccc(F)cc3)c2-c2nc3ccccc3s2)C1. The van der Waals surface area contributed by atoms with E-state index >= 15 is 0 Å². The Labute approximate surface area is 205 Å². The number of aromatic nitrogens is 1. The van der Waals surface area contributed by atoms with Crippen LogP contribution in [-0.4, -0.2) is 43.1 Å². The molecule has 0 fully saturated rings. The molecule has 176 valence electrons. The molecule has 0 bridgehead atoms. The van der Waals surface area contributed by atoms with Gasteiger partial charge in [-0.25, -0.2) is 17.8 Å². The number of carbonyl (C=O) groups is 1. The first-order chi connectivity index (χ1) is 16.3. The van der Waals surface area contributed by atoms with Gasteiger partial charge in [-0.05, 0) is 54.9 Å². The molecule has 0 atom stereocenters. The number of benzene rings is 2. The van der Waals surface area contributed by atoms with E-state index in [-0.39, 0.29) is 4.90 Å². The van der Waals surface area contributed by atoms with Crippen LogP contribution in [0.2, 0.25) is 0 Å². The highest BCUT2D eigenvalue weighted by Gasteiger charge is 2.28. The van der Waals surface area contributed by atoms with E-state index in [0.717, 1.165) is 59.0 Å². The van der Waals surface area contributed by atoms with E-state index in [1.54, 1.807) is 11.3 Å². The predicted octanol–water partition coefficient (Wildman–Crippen LogP) is 4.95. The second kappa shape index (κ2) is 9.18. The number of likely N-dealkylation sites (N-methyl/N-ethyl adjacent to an activating group) is 1. The lowest BCUT2D eigenvalue weighted by molar-refractivity contribution is -0.113. The van der Waals surface area contributed by atoms with Crippen LogP contribution in [0.1, 0.15) is 17.4 Å². The van der Waals surface area contributed by atoms with Gasteiger partial charge in [0.2, 0.25) is 5.91 Å². The number of hydrogen-bond donors (Lipinski definition) is 1. The molecule has 2 aromatic heterocycles. The molecule has 0 saturated heterocycles. The van der Waals surface area contributed by atoms with Crippen molar-refractivity contribution >= 4 is 53.6 Å². The lowest BCUT2D eigenvalue weighted by Crippen LogP contribution is -2.29. The van der Waals surface area contributed by atoms with Crippen molar-refractivity contribution in [2.45, 2.75) is 24.8 Å². The van der Waals surface area contributed by atoms with Gasteiger partial charge in [0.25, 0.3) is 0 Å². The molecule has 3 heterocycles. The fraction of sp³-hybridized carbons (Fsp3) is 0.250. The summed E-state index contributed by atoms with van der Waals surface area (Å²) in [6.45, 7) is 4.77. The van der Waals surface area contributed by atoms with Crippen molar-refractivity contribution in [2.75, 3.05) is 24.2 Å². The van der Waals surface area contributed by atoms with Gasteiger partial charge in [0.05, 0.1) is 15.1 Å². The third kappa shape index (κ3) is 4.50. The van der Waals surface area contributed by atoms with Crippen LogP contribution >= 0.6 is 22.7 Å². The number of nitrogens with one attached hydrogen (secondary N) is 1. The van der Waals surface area contributed by atoms with Crippen LogP contribution in [0, 0.1) is 5.82 Å². The number of rotatable bonds is 6. The van der Waals surface area contributed by atoms with Gasteiger partial charge in [-0.2, -0.15) is 0 Å². The van der Waals surface area contributed by atoms with E-state index in [1.165, 1.54) is 33.9 Å². The number of nitrogens with zero attached hydrogens (tertiary/aromatic N) is 2. The molecule has 34 heavy (non-hydrogen) atoms. The summed E-state index contributed by atoms with van der Waals surface area (Å²) < 4.78 is 39.6. The first-order valence-corrected chi connectivity index (χ1v) is 14.1. The van der Waals surface area contributed by atoms with Crippen LogP contribution < -0.4 is 5.32 Å². The minimum Gasteiger partial charge on any atom is -0.316 e. The molecule has 4 aromatic rings. The zero-order valence-corrected chi connectivity index (χ0v) is 20.8. The highest BCUT2D eigenvalue weighted by Crippen LogP contribution is 2.45. The Morgan fingerprint density at radius 2 is 1.91 bits per heavy atom. The summed E-state index contributed by atoms with van der Waals surface area (Å²) in [4.78, 5) is 21.1. The van der Waals surface area contributed by atoms with Crippen molar-refractivity contribution in [3.63, 3.8) is 0 Å². The van der Waals surface area contributed by atoms with E-state index in [0.29, 0.717) is 5.00 Å². The molecule has 1 amide bonds. The summed E-state index contributed by atoms with van der Waals surface area (Å²) in [5.74, 6) is -1.88. The second-order valence-electron chi connectivity index (χ2n) is 8.07. The van der Waals surface area contributed by atoms with Crippen molar-refractivity contribution in [3.8, 4) is 10.6 Å². The van der Waals surface area contributed by atoms with E-state index < -0.39 is 27.3 Å². The average Bonchev–Trinajstić information content (AvgIpc) is 3.38. The highest BCUT2D eigenvalue weighted by atomic mass is 32.2. The largest absolute Gasteiger partial charge is 0.316 e.